The third-order valence-electron chi connectivity index (χ3n) is 11.6. The van der Waals surface area contributed by atoms with E-state index in [1.165, 1.54) is 12.1 Å². The minimum Gasteiger partial charge on any atom is -0.309 e. The van der Waals surface area contributed by atoms with Gasteiger partial charge in [0, 0.05) is 27.1 Å². The van der Waals surface area contributed by atoms with E-state index in [0.29, 0.717) is 45.3 Å². The molecule has 0 atom stereocenters. The summed E-state index contributed by atoms with van der Waals surface area (Å²) >= 11 is 0. The zero-order chi connectivity index (χ0) is 44.5. The van der Waals surface area contributed by atoms with Gasteiger partial charge in [0.15, 0.2) is 0 Å². The molecule has 0 saturated heterocycles. The number of para-hydroxylation sites is 2. The highest BCUT2D eigenvalue weighted by molar-refractivity contribution is 6.12. The summed E-state index contributed by atoms with van der Waals surface area (Å²) in [5.41, 5.74) is 3.72. The maximum atomic E-state index is 14.6. The minimum absolute atomic E-state index is 0.00919. The van der Waals surface area contributed by atoms with E-state index in [4.69, 9.17) is 0 Å². The SMILES string of the molecule is N#Cc1cccc(-c2ccc3c(c2)c2ccccc2n3-c2cc(-c3cc(C(F)(F)F)cc(C(F)(F)F)c3)c(-n3c4ccccc4c4cc(-c5cccc(C#N)c5)ccc43)cc2C#N)c1. The Bertz CT molecular complexity index is 3670. The summed E-state index contributed by atoms with van der Waals surface area (Å²) in [7, 11) is 0. The van der Waals surface area contributed by atoms with Crippen LogP contribution in [0.25, 0.3) is 88.4 Å². The van der Waals surface area contributed by atoms with Crippen LogP contribution >= 0.6 is 0 Å². The Morgan fingerprint density at radius 2 is 0.812 bits per heavy atom. The van der Waals surface area contributed by atoms with E-state index < -0.39 is 23.5 Å². The summed E-state index contributed by atoms with van der Waals surface area (Å²) in [6, 6.07) is 51.3. The van der Waals surface area contributed by atoms with Crippen molar-refractivity contribution in [3.8, 4) is 63.0 Å². The van der Waals surface area contributed by atoms with E-state index in [2.05, 4.69) is 18.2 Å². The van der Waals surface area contributed by atoms with E-state index in [1.807, 2.05) is 84.9 Å². The Hall–Kier alpha value is -8.59. The smallest absolute Gasteiger partial charge is 0.309 e. The number of nitriles is 3. The third-order valence-corrected chi connectivity index (χ3v) is 11.6. The molecule has 10 rings (SSSR count). The molecule has 0 bridgehead atoms. The molecule has 0 amide bonds. The van der Waals surface area contributed by atoms with Crippen molar-refractivity contribution in [2.24, 2.45) is 0 Å². The largest absolute Gasteiger partial charge is 0.416 e. The topological polar surface area (TPSA) is 81.2 Å². The summed E-state index contributed by atoms with van der Waals surface area (Å²) < 4.78 is 91.1. The highest BCUT2D eigenvalue weighted by atomic mass is 19.4. The van der Waals surface area contributed by atoms with Gasteiger partial charge in [-0.15, -0.1) is 0 Å². The Labute approximate surface area is 360 Å². The van der Waals surface area contributed by atoms with Crippen molar-refractivity contribution in [2.75, 3.05) is 0 Å². The number of halogens is 6. The molecule has 0 aliphatic carbocycles. The van der Waals surface area contributed by atoms with E-state index >= 15 is 0 Å². The lowest BCUT2D eigenvalue weighted by atomic mass is 9.95. The lowest BCUT2D eigenvalue weighted by molar-refractivity contribution is -0.143. The summed E-state index contributed by atoms with van der Waals surface area (Å²) in [4.78, 5) is 0. The average molecular weight is 848 g/mol. The van der Waals surface area contributed by atoms with Crippen LogP contribution in [-0.4, -0.2) is 9.13 Å². The zero-order valence-corrected chi connectivity index (χ0v) is 33.1. The Morgan fingerprint density at radius 1 is 0.359 bits per heavy atom. The number of rotatable bonds is 5. The monoisotopic (exact) mass is 847 g/mol. The van der Waals surface area contributed by atoms with E-state index in [1.54, 1.807) is 57.7 Å². The van der Waals surface area contributed by atoms with Gasteiger partial charge in [-0.05, 0) is 119 Å². The number of fused-ring (bicyclic) bond motifs is 6. The van der Waals surface area contributed by atoms with E-state index in [0.717, 1.165) is 43.8 Å². The molecule has 0 aliphatic heterocycles. The molecule has 8 aromatic carbocycles. The Morgan fingerprint density at radius 3 is 1.28 bits per heavy atom. The molecule has 0 fully saturated rings. The van der Waals surface area contributed by atoms with Gasteiger partial charge in [0.1, 0.15) is 6.07 Å². The number of alkyl halides is 6. The zero-order valence-electron chi connectivity index (χ0n) is 33.1. The van der Waals surface area contributed by atoms with Crippen LogP contribution in [0.5, 0.6) is 0 Å². The van der Waals surface area contributed by atoms with E-state index in [9.17, 15) is 42.1 Å². The molecule has 10 aromatic rings. The van der Waals surface area contributed by atoms with Gasteiger partial charge in [0.25, 0.3) is 0 Å². The second kappa shape index (κ2) is 14.8. The first-order valence-electron chi connectivity index (χ1n) is 19.8. The van der Waals surface area contributed by atoms with Crippen molar-refractivity contribution < 1.29 is 26.3 Å². The molecule has 306 valence electrons. The number of benzene rings is 8. The van der Waals surface area contributed by atoms with Crippen molar-refractivity contribution in [1.82, 2.24) is 9.13 Å². The van der Waals surface area contributed by atoms with Gasteiger partial charge in [0.2, 0.25) is 0 Å². The highest BCUT2D eigenvalue weighted by Crippen LogP contribution is 2.45. The van der Waals surface area contributed by atoms with Gasteiger partial charge in [0.05, 0.1) is 73.4 Å². The molecule has 64 heavy (non-hydrogen) atoms. The second-order valence-corrected chi connectivity index (χ2v) is 15.3. The van der Waals surface area contributed by atoms with Gasteiger partial charge in [-0.25, -0.2) is 0 Å². The molecule has 0 saturated carbocycles. The number of hydrogen-bond donors (Lipinski definition) is 0. The summed E-state index contributed by atoms with van der Waals surface area (Å²) in [5, 5.41) is 33.2. The van der Waals surface area contributed by atoms with Gasteiger partial charge in [-0.3, -0.25) is 0 Å². The summed E-state index contributed by atoms with van der Waals surface area (Å²) in [5.74, 6) is 0. The predicted molar refractivity (Wildman–Crippen MR) is 236 cm³/mol. The molecule has 11 heteroatoms. The predicted octanol–water partition coefficient (Wildman–Crippen LogP) is 14.5. The first-order valence-corrected chi connectivity index (χ1v) is 19.8. The van der Waals surface area contributed by atoms with Gasteiger partial charge in [-0.2, -0.15) is 42.1 Å². The van der Waals surface area contributed by atoms with Gasteiger partial charge < -0.3 is 9.13 Å². The summed E-state index contributed by atoms with van der Waals surface area (Å²) in [6.45, 7) is 0. The average Bonchev–Trinajstić information content (AvgIpc) is 3.82. The first-order chi connectivity index (χ1) is 30.8. The van der Waals surface area contributed by atoms with Crippen LogP contribution < -0.4 is 0 Å². The second-order valence-electron chi connectivity index (χ2n) is 15.3. The van der Waals surface area contributed by atoms with Crippen LogP contribution in [0.2, 0.25) is 0 Å². The molecular weight excluding hydrogens is 821 g/mol. The molecule has 0 radical (unpaired) electrons. The normalized spacial score (nSPS) is 11.9. The van der Waals surface area contributed by atoms with Crippen LogP contribution in [-0.2, 0) is 12.4 Å². The highest BCUT2D eigenvalue weighted by Gasteiger charge is 2.37. The Balaban J connectivity index is 1.30. The Kier molecular flexibility index (Phi) is 9.14. The fourth-order valence-electron chi connectivity index (χ4n) is 8.74. The third kappa shape index (κ3) is 6.57. The van der Waals surface area contributed by atoms with Crippen LogP contribution in [0.4, 0.5) is 26.3 Å². The van der Waals surface area contributed by atoms with Crippen molar-refractivity contribution >= 4 is 43.6 Å². The van der Waals surface area contributed by atoms with Crippen LogP contribution in [0, 0.1) is 34.0 Å². The van der Waals surface area contributed by atoms with Crippen molar-refractivity contribution in [3.63, 3.8) is 0 Å². The van der Waals surface area contributed by atoms with Crippen LogP contribution in [0.15, 0.2) is 164 Å². The molecule has 0 aliphatic rings. The van der Waals surface area contributed by atoms with Gasteiger partial charge in [-0.1, -0.05) is 72.8 Å². The molecular formula is C53H27F6N5. The lowest BCUT2D eigenvalue weighted by Gasteiger charge is -2.20. The molecule has 0 spiro atoms. The van der Waals surface area contributed by atoms with Crippen LogP contribution in [0.1, 0.15) is 27.8 Å². The van der Waals surface area contributed by atoms with Crippen molar-refractivity contribution in [1.29, 1.82) is 15.8 Å². The maximum absolute atomic E-state index is 14.6. The fourth-order valence-corrected chi connectivity index (χ4v) is 8.74. The summed E-state index contributed by atoms with van der Waals surface area (Å²) in [6.07, 6.45) is -10.3. The number of nitrogens with zero attached hydrogens (tertiary/aromatic N) is 5. The quantitative estimate of drug-likeness (QED) is 0.162. The molecule has 5 nitrogen and oxygen atoms in total. The number of aromatic nitrogens is 2. The minimum atomic E-state index is -5.13. The standard InChI is InChI=1S/C53H27F6N5/c54-52(55,56)39-21-37(22-40(26-39)53(57,58)59)43-27-50(63-46-13-3-1-11-41(46)44-23-35(15-17-48(44)63)33-9-5-7-31(19-33)28-60)38(30-62)25-51(43)64-47-14-4-2-12-42(47)45-24-36(16-18-49(45)64)34-10-6-8-32(20-34)29-61/h1-27H. The lowest BCUT2D eigenvalue weighted by Crippen LogP contribution is -2.11. The molecule has 0 N–H and O–H groups in total. The molecule has 0 unspecified atom stereocenters. The molecule has 2 aromatic heterocycles. The number of hydrogen-bond acceptors (Lipinski definition) is 3. The van der Waals surface area contributed by atoms with Gasteiger partial charge >= 0.3 is 12.4 Å². The van der Waals surface area contributed by atoms with E-state index in [-0.39, 0.29) is 34.1 Å². The van der Waals surface area contributed by atoms with Crippen molar-refractivity contribution in [3.05, 3.63) is 192 Å². The first kappa shape index (κ1) is 39.5. The fraction of sp³-hybridized carbons (Fsp3) is 0.0377. The molecule has 2 heterocycles. The van der Waals surface area contributed by atoms with Crippen LogP contribution in [0.3, 0.4) is 0 Å². The maximum Gasteiger partial charge on any atom is 0.416 e. The van der Waals surface area contributed by atoms with Crippen molar-refractivity contribution in [2.45, 2.75) is 12.4 Å².